The summed E-state index contributed by atoms with van der Waals surface area (Å²) in [5, 5.41) is 17.6. The average Bonchev–Trinajstić information content (AvgIpc) is 2.70. The fourth-order valence-corrected chi connectivity index (χ4v) is 3.39. The van der Waals surface area contributed by atoms with E-state index in [1.54, 1.807) is 0 Å². The van der Waals surface area contributed by atoms with Crippen LogP contribution in [0.3, 0.4) is 0 Å². The minimum atomic E-state index is -0.721. The Morgan fingerprint density at radius 2 is 2.06 bits per heavy atom. The maximum atomic E-state index is 10.3. The molecule has 92 valence electrons. The summed E-state index contributed by atoms with van der Waals surface area (Å²) in [6, 6.07) is 0. The first-order chi connectivity index (χ1) is 7.74. The largest absolute Gasteiger partial charge is 0.481 e. The number of aliphatic hydroxyl groups is 1. The Balaban J connectivity index is 2.09. The van der Waals surface area contributed by atoms with E-state index in [9.17, 15) is 4.79 Å². The Hall–Kier alpha value is -0.480. The zero-order valence-corrected chi connectivity index (χ0v) is 10.3. The molecule has 0 saturated carbocycles. The van der Waals surface area contributed by atoms with E-state index in [1.165, 1.54) is 0 Å². The van der Waals surface area contributed by atoms with Crippen molar-refractivity contribution in [2.75, 3.05) is 18.1 Å². The van der Waals surface area contributed by atoms with Crippen LogP contribution in [0.15, 0.2) is 12.2 Å². The Morgan fingerprint density at radius 1 is 1.31 bits per heavy atom. The number of carboxylic acids is 1. The van der Waals surface area contributed by atoms with Gasteiger partial charge in [0.15, 0.2) is 0 Å². The molecule has 1 saturated heterocycles. The molecule has 2 N–H and O–H groups in total. The number of thioether (sulfide) groups is 1. The van der Waals surface area contributed by atoms with Crippen molar-refractivity contribution in [1.82, 2.24) is 0 Å². The molecular formula is C12H20O3S. The number of hydrogen-bond donors (Lipinski definition) is 2. The van der Waals surface area contributed by atoms with Gasteiger partial charge < -0.3 is 10.2 Å². The molecule has 1 fully saturated rings. The van der Waals surface area contributed by atoms with Crippen LogP contribution in [0, 0.1) is 11.8 Å². The van der Waals surface area contributed by atoms with Crippen molar-refractivity contribution in [1.29, 1.82) is 0 Å². The van der Waals surface area contributed by atoms with E-state index >= 15 is 0 Å². The highest BCUT2D eigenvalue weighted by Gasteiger charge is 2.25. The lowest BCUT2D eigenvalue weighted by Gasteiger charge is -2.13. The lowest BCUT2D eigenvalue weighted by molar-refractivity contribution is -0.137. The van der Waals surface area contributed by atoms with Crippen molar-refractivity contribution in [3.8, 4) is 0 Å². The second-order valence-corrected chi connectivity index (χ2v) is 5.31. The molecule has 0 aliphatic carbocycles. The van der Waals surface area contributed by atoms with Crippen LogP contribution < -0.4 is 0 Å². The summed E-state index contributed by atoms with van der Waals surface area (Å²) in [5.74, 6) is 2.55. The van der Waals surface area contributed by atoms with Crippen LogP contribution in [-0.4, -0.2) is 34.3 Å². The molecule has 0 unspecified atom stereocenters. The van der Waals surface area contributed by atoms with Crippen molar-refractivity contribution >= 4 is 17.7 Å². The van der Waals surface area contributed by atoms with Gasteiger partial charge in [0.2, 0.25) is 0 Å². The number of carboxylic acid groups (broad SMARTS) is 1. The van der Waals surface area contributed by atoms with Crippen LogP contribution >= 0.6 is 11.8 Å². The van der Waals surface area contributed by atoms with E-state index in [-0.39, 0.29) is 6.42 Å². The number of unbranched alkanes of at least 4 members (excludes halogenated alkanes) is 1. The normalized spacial score (nSPS) is 25.3. The van der Waals surface area contributed by atoms with Gasteiger partial charge in [0.25, 0.3) is 0 Å². The third-order valence-electron chi connectivity index (χ3n) is 2.93. The molecule has 2 atom stereocenters. The van der Waals surface area contributed by atoms with Crippen molar-refractivity contribution in [3.63, 3.8) is 0 Å². The van der Waals surface area contributed by atoms with E-state index in [0.29, 0.717) is 24.9 Å². The zero-order chi connectivity index (χ0) is 11.8. The third-order valence-corrected chi connectivity index (χ3v) is 4.26. The van der Waals surface area contributed by atoms with E-state index in [1.807, 2.05) is 11.8 Å². The standard InChI is InChI=1S/C12H20O3S/c13-7-11-9-16-8-10(11)5-3-1-2-4-6-12(14)15/h1,3,10-11,13H,2,4-9H2,(H,14,15)/b3-1-/t10-,11+/m0/s1. The molecule has 1 aliphatic heterocycles. The van der Waals surface area contributed by atoms with Gasteiger partial charge in [-0.15, -0.1) is 0 Å². The molecule has 4 heteroatoms. The Morgan fingerprint density at radius 3 is 2.75 bits per heavy atom. The highest BCUT2D eigenvalue weighted by Crippen LogP contribution is 2.32. The topological polar surface area (TPSA) is 57.5 Å². The molecule has 0 aromatic heterocycles. The van der Waals surface area contributed by atoms with E-state index in [0.717, 1.165) is 24.3 Å². The smallest absolute Gasteiger partial charge is 0.303 e. The van der Waals surface area contributed by atoms with Crippen LogP contribution in [0.2, 0.25) is 0 Å². The summed E-state index contributed by atoms with van der Waals surface area (Å²) < 4.78 is 0. The van der Waals surface area contributed by atoms with Gasteiger partial charge in [0.05, 0.1) is 0 Å². The van der Waals surface area contributed by atoms with E-state index in [4.69, 9.17) is 10.2 Å². The van der Waals surface area contributed by atoms with Crippen LogP contribution in [0.5, 0.6) is 0 Å². The van der Waals surface area contributed by atoms with Gasteiger partial charge in [0, 0.05) is 13.0 Å². The molecule has 1 aliphatic rings. The number of aliphatic hydroxyl groups excluding tert-OH is 1. The number of allylic oxidation sites excluding steroid dienone is 2. The Bertz CT molecular complexity index is 240. The minimum Gasteiger partial charge on any atom is -0.481 e. The first-order valence-corrected chi connectivity index (χ1v) is 6.95. The van der Waals surface area contributed by atoms with Gasteiger partial charge in [-0.2, -0.15) is 11.8 Å². The summed E-state index contributed by atoms with van der Waals surface area (Å²) in [5.41, 5.74) is 0. The van der Waals surface area contributed by atoms with Crippen LogP contribution in [0.25, 0.3) is 0 Å². The van der Waals surface area contributed by atoms with Gasteiger partial charge in [0.1, 0.15) is 0 Å². The van der Waals surface area contributed by atoms with Crippen molar-refractivity contribution in [3.05, 3.63) is 12.2 Å². The van der Waals surface area contributed by atoms with Gasteiger partial charge in [-0.3, -0.25) is 4.79 Å². The second-order valence-electron chi connectivity index (χ2n) is 4.23. The summed E-state index contributed by atoms with van der Waals surface area (Å²) in [6.07, 6.45) is 7.04. The second kappa shape index (κ2) is 7.74. The summed E-state index contributed by atoms with van der Waals surface area (Å²) in [6.45, 7) is 0.296. The molecule has 0 amide bonds. The van der Waals surface area contributed by atoms with E-state index in [2.05, 4.69) is 12.2 Å². The Kier molecular flexibility index (Phi) is 6.57. The lowest BCUT2D eigenvalue weighted by atomic mass is 9.93. The number of aliphatic carboxylic acids is 1. The van der Waals surface area contributed by atoms with Gasteiger partial charge in [-0.25, -0.2) is 0 Å². The van der Waals surface area contributed by atoms with Crippen molar-refractivity contribution < 1.29 is 15.0 Å². The van der Waals surface area contributed by atoms with Gasteiger partial charge in [-0.1, -0.05) is 12.2 Å². The molecule has 0 bridgehead atoms. The maximum absolute atomic E-state index is 10.3. The first kappa shape index (κ1) is 13.6. The predicted molar refractivity (Wildman–Crippen MR) is 66.6 cm³/mol. The lowest BCUT2D eigenvalue weighted by Crippen LogP contribution is -2.15. The van der Waals surface area contributed by atoms with Crippen LogP contribution in [-0.2, 0) is 4.79 Å². The first-order valence-electron chi connectivity index (χ1n) is 5.79. The predicted octanol–water partition coefficient (Wildman–Crippen LogP) is 2.16. The molecule has 0 radical (unpaired) electrons. The fourth-order valence-electron chi connectivity index (χ4n) is 1.87. The number of carbonyl (C=O) groups is 1. The van der Waals surface area contributed by atoms with Gasteiger partial charge in [-0.05, 0) is 42.6 Å². The summed E-state index contributed by atoms with van der Waals surface area (Å²) >= 11 is 1.92. The maximum Gasteiger partial charge on any atom is 0.303 e. The molecule has 16 heavy (non-hydrogen) atoms. The molecule has 0 spiro atoms. The minimum absolute atomic E-state index is 0.253. The third kappa shape index (κ3) is 5.03. The van der Waals surface area contributed by atoms with Crippen molar-refractivity contribution in [2.45, 2.75) is 25.7 Å². The SMILES string of the molecule is O=C(O)CCC/C=C\C[C@H]1CSC[C@H]1CO. The number of rotatable bonds is 7. The summed E-state index contributed by atoms with van der Waals surface area (Å²) in [7, 11) is 0. The summed E-state index contributed by atoms with van der Waals surface area (Å²) in [4.78, 5) is 10.3. The van der Waals surface area contributed by atoms with E-state index < -0.39 is 5.97 Å². The number of hydrogen-bond acceptors (Lipinski definition) is 3. The molecule has 3 nitrogen and oxygen atoms in total. The fraction of sp³-hybridized carbons (Fsp3) is 0.750. The van der Waals surface area contributed by atoms with Crippen molar-refractivity contribution in [2.24, 2.45) is 11.8 Å². The monoisotopic (exact) mass is 244 g/mol. The quantitative estimate of drug-likeness (QED) is 0.532. The average molecular weight is 244 g/mol. The highest BCUT2D eigenvalue weighted by molar-refractivity contribution is 7.99. The zero-order valence-electron chi connectivity index (χ0n) is 9.47. The molecule has 1 rings (SSSR count). The highest BCUT2D eigenvalue weighted by atomic mass is 32.2. The molecular weight excluding hydrogens is 224 g/mol. The van der Waals surface area contributed by atoms with Gasteiger partial charge >= 0.3 is 5.97 Å². The molecule has 0 aromatic rings. The van der Waals surface area contributed by atoms with Crippen LogP contribution in [0.4, 0.5) is 0 Å². The molecule has 1 heterocycles. The molecule has 0 aromatic carbocycles. The van der Waals surface area contributed by atoms with Crippen LogP contribution in [0.1, 0.15) is 25.7 Å². The Labute approximate surface area is 101 Å².